The molecule has 3 aromatic carbocycles. The molecule has 0 fully saturated rings. The van der Waals surface area contributed by atoms with Crippen molar-refractivity contribution >= 4 is 56.8 Å². The van der Waals surface area contributed by atoms with Crippen LogP contribution in [0.3, 0.4) is 0 Å². The molecule has 0 heterocycles. The third-order valence-corrected chi connectivity index (χ3v) is 5.50. The first-order chi connectivity index (χ1) is 15.9. The Kier molecular flexibility index (Phi) is 8.79. The van der Waals surface area contributed by atoms with Crippen molar-refractivity contribution in [1.29, 1.82) is 5.26 Å². The van der Waals surface area contributed by atoms with Gasteiger partial charge in [-0.1, -0.05) is 57.3 Å². The normalized spacial score (nSPS) is 10.9. The van der Waals surface area contributed by atoms with Crippen molar-refractivity contribution in [3.63, 3.8) is 0 Å². The van der Waals surface area contributed by atoms with Crippen LogP contribution in [0.5, 0.6) is 11.5 Å². The van der Waals surface area contributed by atoms with Gasteiger partial charge < -0.3 is 14.8 Å². The summed E-state index contributed by atoms with van der Waals surface area (Å²) in [4.78, 5) is 12.6. The monoisotopic (exact) mass is 544 g/mol. The van der Waals surface area contributed by atoms with Gasteiger partial charge in [-0.05, 0) is 61.0 Å². The zero-order valence-electron chi connectivity index (χ0n) is 17.6. The predicted molar refractivity (Wildman–Crippen MR) is 135 cm³/mol. The number of ether oxygens (including phenoxy) is 2. The van der Waals surface area contributed by atoms with Crippen LogP contribution >= 0.6 is 39.1 Å². The number of nitriles is 1. The van der Waals surface area contributed by atoms with Gasteiger partial charge in [0.2, 0.25) is 0 Å². The molecule has 0 bridgehead atoms. The predicted octanol–water partition coefficient (Wildman–Crippen LogP) is 7.28. The molecule has 5 nitrogen and oxygen atoms in total. The van der Waals surface area contributed by atoms with Crippen molar-refractivity contribution in [3.8, 4) is 17.6 Å². The molecule has 168 valence electrons. The minimum absolute atomic E-state index is 0.0426. The Bertz CT molecular complexity index is 1240. The van der Waals surface area contributed by atoms with E-state index in [1.54, 1.807) is 54.6 Å². The third kappa shape index (κ3) is 7.00. The van der Waals surface area contributed by atoms with Gasteiger partial charge in [0, 0.05) is 25.8 Å². The highest BCUT2D eigenvalue weighted by Crippen LogP contribution is 2.31. The van der Waals surface area contributed by atoms with Gasteiger partial charge in [0.05, 0.1) is 6.61 Å². The lowest BCUT2D eigenvalue weighted by atomic mass is 10.1. The molecular weight excluding hydrogens is 527 g/mol. The number of anilines is 1. The average Bonchev–Trinajstić information content (AvgIpc) is 2.78. The van der Waals surface area contributed by atoms with Crippen LogP contribution in [-0.2, 0) is 11.4 Å². The van der Waals surface area contributed by atoms with Crippen LogP contribution in [-0.4, -0.2) is 12.5 Å². The lowest BCUT2D eigenvalue weighted by Crippen LogP contribution is -2.13. The molecule has 0 radical (unpaired) electrons. The second-order valence-corrected chi connectivity index (χ2v) is 8.56. The van der Waals surface area contributed by atoms with Crippen molar-refractivity contribution in [2.45, 2.75) is 13.5 Å². The molecule has 3 aromatic rings. The van der Waals surface area contributed by atoms with Gasteiger partial charge in [0.1, 0.15) is 18.2 Å². The SMILES string of the molecule is CCOc1cc(/C=C(/C#N)C(=O)Nc2cccc(Br)c2)ccc1OCc1ccc(Cl)cc1Cl. The van der Waals surface area contributed by atoms with Crippen LogP contribution in [0.4, 0.5) is 5.69 Å². The largest absolute Gasteiger partial charge is 0.490 e. The van der Waals surface area contributed by atoms with Crippen LogP contribution in [0, 0.1) is 11.3 Å². The van der Waals surface area contributed by atoms with E-state index >= 15 is 0 Å². The van der Waals surface area contributed by atoms with Gasteiger partial charge in [-0.3, -0.25) is 4.79 Å². The Labute approximate surface area is 210 Å². The van der Waals surface area contributed by atoms with Crippen LogP contribution in [0.1, 0.15) is 18.1 Å². The molecular formula is C25H19BrCl2N2O3. The molecule has 1 amide bonds. The standard InChI is InChI=1S/C25H19BrCl2N2O3/c1-2-32-24-11-16(6-9-23(24)33-15-17-7-8-20(27)13-22(17)28)10-18(14-29)25(31)30-21-5-3-4-19(26)12-21/h3-13H,2,15H2,1H3,(H,30,31)/b18-10-. The van der Waals surface area contributed by atoms with E-state index in [0.717, 1.165) is 10.0 Å². The molecule has 0 saturated heterocycles. The van der Waals surface area contributed by atoms with Crippen LogP contribution in [0.2, 0.25) is 10.0 Å². The minimum Gasteiger partial charge on any atom is -0.490 e. The molecule has 0 saturated carbocycles. The fourth-order valence-corrected chi connectivity index (χ4v) is 3.74. The van der Waals surface area contributed by atoms with E-state index in [-0.39, 0.29) is 12.2 Å². The molecule has 0 aromatic heterocycles. The van der Waals surface area contributed by atoms with E-state index in [2.05, 4.69) is 21.2 Å². The molecule has 0 aliphatic heterocycles. The highest BCUT2D eigenvalue weighted by atomic mass is 79.9. The van der Waals surface area contributed by atoms with Gasteiger partial charge in [0.25, 0.3) is 5.91 Å². The average molecular weight is 546 g/mol. The van der Waals surface area contributed by atoms with Gasteiger partial charge in [-0.2, -0.15) is 5.26 Å². The van der Waals surface area contributed by atoms with Crippen molar-refractivity contribution in [2.24, 2.45) is 0 Å². The van der Waals surface area contributed by atoms with E-state index in [1.165, 1.54) is 6.08 Å². The van der Waals surface area contributed by atoms with E-state index < -0.39 is 5.91 Å². The Hall–Kier alpha value is -2.98. The number of nitrogens with zero attached hydrogens (tertiary/aromatic N) is 1. The summed E-state index contributed by atoms with van der Waals surface area (Å²) in [6.45, 7) is 2.50. The highest BCUT2D eigenvalue weighted by molar-refractivity contribution is 9.10. The van der Waals surface area contributed by atoms with Crippen LogP contribution in [0.25, 0.3) is 6.08 Å². The summed E-state index contributed by atoms with van der Waals surface area (Å²) in [7, 11) is 0. The molecule has 33 heavy (non-hydrogen) atoms. The van der Waals surface area contributed by atoms with Crippen molar-refractivity contribution in [2.75, 3.05) is 11.9 Å². The fourth-order valence-electron chi connectivity index (χ4n) is 2.88. The number of benzene rings is 3. The summed E-state index contributed by atoms with van der Waals surface area (Å²) in [5.41, 5.74) is 1.94. The molecule has 3 rings (SSSR count). The van der Waals surface area contributed by atoms with Crippen molar-refractivity contribution < 1.29 is 14.3 Å². The molecule has 0 aliphatic rings. The maximum Gasteiger partial charge on any atom is 0.266 e. The quantitative estimate of drug-likeness (QED) is 0.238. The summed E-state index contributed by atoms with van der Waals surface area (Å²) in [6, 6.07) is 19.4. The topological polar surface area (TPSA) is 71.3 Å². The molecule has 8 heteroatoms. The summed E-state index contributed by atoms with van der Waals surface area (Å²) in [5.74, 6) is 0.490. The van der Waals surface area contributed by atoms with Gasteiger partial charge in [0.15, 0.2) is 11.5 Å². The first-order valence-electron chi connectivity index (χ1n) is 9.92. The van der Waals surface area contributed by atoms with Crippen LogP contribution in [0.15, 0.2) is 70.7 Å². The Morgan fingerprint density at radius 2 is 1.91 bits per heavy atom. The van der Waals surface area contributed by atoms with E-state index in [1.807, 2.05) is 19.1 Å². The van der Waals surface area contributed by atoms with Gasteiger partial charge in [-0.15, -0.1) is 0 Å². The number of hydrogen-bond donors (Lipinski definition) is 1. The Morgan fingerprint density at radius 1 is 1.09 bits per heavy atom. The number of amides is 1. The number of halogens is 3. The Morgan fingerprint density at radius 3 is 2.61 bits per heavy atom. The first kappa shape index (κ1) is 24.7. The molecule has 0 aliphatic carbocycles. The maximum absolute atomic E-state index is 12.6. The molecule has 1 N–H and O–H groups in total. The maximum atomic E-state index is 12.6. The number of rotatable bonds is 8. The zero-order valence-corrected chi connectivity index (χ0v) is 20.7. The number of carbonyl (C=O) groups is 1. The molecule has 0 atom stereocenters. The summed E-state index contributed by atoms with van der Waals surface area (Å²) in [6.07, 6.45) is 1.50. The van der Waals surface area contributed by atoms with Gasteiger partial charge >= 0.3 is 0 Å². The summed E-state index contributed by atoms with van der Waals surface area (Å²) < 4.78 is 12.4. The lowest BCUT2D eigenvalue weighted by Gasteiger charge is -2.13. The van der Waals surface area contributed by atoms with Gasteiger partial charge in [-0.25, -0.2) is 0 Å². The number of carbonyl (C=O) groups excluding carboxylic acids is 1. The fraction of sp³-hybridized carbons (Fsp3) is 0.120. The zero-order chi connectivity index (χ0) is 23.8. The van der Waals surface area contributed by atoms with E-state index in [4.69, 9.17) is 32.7 Å². The minimum atomic E-state index is -0.508. The first-order valence-corrected chi connectivity index (χ1v) is 11.5. The van der Waals surface area contributed by atoms with Crippen molar-refractivity contribution in [1.82, 2.24) is 0 Å². The third-order valence-electron chi connectivity index (χ3n) is 4.42. The summed E-state index contributed by atoms with van der Waals surface area (Å²) in [5, 5.41) is 13.3. The second kappa shape index (κ2) is 11.8. The highest BCUT2D eigenvalue weighted by Gasteiger charge is 2.12. The van der Waals surface area contributed by atoms with E-state index in [9.17, 15) is 10.1 Å². The van der Waals surface area contributed by atoms with Crippen molar-refractivity contribution in [3.05, 3.63) is 91.9 Å². The second-order valence-electron chi connectivity index (χ2n) is 6.80. The molecule has 0 unspecified atom stereocenters. The summed E-state index contributed by atoms with van der Waals surface area (Å²) >= 11 is 15.5. The Balaban J connectivity index is 1.79. The number of hydrogen-bond acceptors (Lipinski definition) is 4. The lowest BCUT2D eigenvalue weighted by molar-refractivity contribution is -0.112. The number of nitrogens with one attached hydrogen (secondary N) is 1. The molecule has 0 spiro atoms. The van der Waals surface area contributed by atoms with E-state index in [0.29, 0.717) is 39.4 Å². The van der Waals surface area contributed by atoms with Crippen LogP contribution < -0.4 is 14.8 Å². The smallest absolute Gasteiger partial charge is 0.266 e.